The first kappa shape index (κ1) is 24.8. The van der Waals surface area contributed by atoms with Gasteiger partial charge in [0.15, 0.2) is 16.6 Å². The molecule has 2 aromatic carbocycles. The van der Waals surface area contributed by atoms with Crippen LogP contribution in [0.15, 0.2) is 47.8 Å². The molecule has 0 bridgehead atoms. The first-order valence-electron chi connectivity index (χ1n) is 12.1. The Hall–Kier alpha value is -3.83. The van der Waals surface area contributed by atoms with Crippen LogP contribution in [0.2, 0.25) is 0 Å². The number of carbonyl (C=O) groups excluding carboxylic acids is 2. The molecule has 3 aromatic rings. The maximum atomic E-state index is 12.8. The zero-order valence-corrected chi connectivity index (χ0v) is 21.4. The number of hydrogen-bond acceptors (Lipinski definition) is 8. The number of thiazole rings is 1. The summed E-state index contributed by atoms with van der Waals surface area (Å²) in [5.74, 6) is 2.43. The van der Waals surface area contributed by atoms with E-state index < -0.39 is 0 Å². The highest BCUT2D eigenvalue weighted by molar-refractivity contribution is 7.13. The predicted molar refractivity (Wildman–Crippen MR) is 140 cm³/mol. The second kappa shape index (κ2) is 11.5. The van der Waals surface area contributed by atoms with Crippen molar-refractivity contribution in [1.82, 2.24) is 14.8 Å². The number of hydrogen-bond donors (Lipinski definition) is 2. The van der Waals surface area contributed by atoms with Crippen molar-refractivity contribution in [2.45, 2.75) is 19.4 Å². The minimum atomic E-state index is -0.374. The molecule has 5 rings (SSSR count). The highest BCUT2D eigenvalue weighted by Crippen LogP contribution is 2.33. The molecule has 3 amide bonds. The second-order valence-electron chi connectivity index (χ2n) is 8.80. The van der Waals surface area contributed by atoms with Crippen molar-refractivity contribution < 1.29 is 23.8 Å². The largest absolute Gasteiger partial charge is 0.497 e. The fraction of sp³-hybridized carbons (Fsp3) is 0.346. The van der Waals surface area contributed by atoms with Gasteiger partial charge < -0.3 is 24.4 Å². The predicted octanol–water partition coefficient (Wildman–Crippen LogP) is 3.80. The average molecular weight is 524 g/mol. The molecule has 37 heavy (non-hydrogen) atoms. The molecular weight excluding hydrogens is 494 g/mol. The van der Waals surface area contributed by atoms with Crippen molar-refractivity contribution in [2.75, 3.05) is 50.7 Å². The molecule has 1 aromatic heterocycles. The van der Waals surface area contributed by atoms with Crippen molar-refractivity contribution in [3.8, 4) is 17.2 Å². The van der Waals surface area contributed by atoms with Crippen LogP contribution in [0.25, 0.3) is 0 Å². The third-order valence-corrected chi connectivity index (χ3v) is 7.09. The molecule has 194 valence electrons. The smallest absolute Gasteiger partial charge is 0.325 e. The summed E-state index contributed by atoms with van der Waals surface area (Å²) < 4.78 is 16.0. The standard InChI is InChI=1S/C26H29N5O5S/c1-34-21-6-3-19(4-7-21)27-25(33)29-26-28-20(16-37-26)5-9-24(32)31-12-10-30(11-13-31)15-18-2-8-22-23(14-18)36-17-35-22/h2-4,6-8,14,16H,5,9-13,15,17H2,1H3,(H2,27,28,29,33). The zero-order chi connectivity index (χ0) is 25.6. The summed E-state index contributed by atoms with van der Waals surface area (Å²) in [6, 6.07) is 12.7. The van der Waals surface area contributed by atoms with Crippen LogP contribution in [-0.4, -0.2) is 66.8 Å². The molecule has 3 heterocycles. The Morgan fingerprint density at radius 3 is 2.59 bits per heavy atom. The van der Waals surface area contributed by atoms with Crippen LogP contribution >= 0.6 is 11.3 Å². The highest BCUT2D eigenvalue weighted by atomic mass is 32.1. The van der Waals surface area contributed by atoms with Gasteiger partial charge in [-0.1, -0.05) is 6.07 Å². The minimum absolute atomic E-state index is 0.127. The van der Waals surface area contributed by atoms with E-state index >= 15 is 0 Å². The van der Waals surface area contributed by atoms with E-state index in [1.54, 1.807) is 31.4 Å². The lowest BCUT2D eigenvalue weighted by molar-refractivity contribution is -0.133. The lowest BCUT2D eigenvalue weighted by atomic mass is 10.1. The van der Waals surface area contributed by atoms with Gasteiger partial charge in [-0.15, -0.1) is 11.3 Å². The first-order chi connectivity index (χ1) is 18.1. The number of urea groups is 1. The summed E-state index contributed by atoms with van der Waals surface area (Å²) in [5.41, 5.74) is 2.62. The van der Waals surface area contributed by atoms with E-state index in [1.165, 1.54) is 16.9 Å². The van der Waals surface area contributed by atoms with E-state index in [-0.39, 0.29) is 18.7 Å². The van der Waals surface area contributed by atoms with Gasteiger partial charge in [-0.3, -0.25) is 15.0 Å². The minimum Gasteiger partial charge on any atom is -0.497 e. The number of carbonyl (C=O) groups is 2. The quantitative estimate of drug-likeness (QED) is 0.463. The third-order valence-electron chi connectivity index (χ3n) is 6.28. The molecule has 2 N–H and O–H groups in total. The molecule has 1 fully saturated rings. The molecule has 0 unspecified atom stereocenters. The van der Waals surface area contributed by atoms with Crippen molar-refractivity contribution >= 4 is 34.1 Å². The molecule has 2 aliphatic rings. The van der Waals surface area contributed by atoms with Crippen LogP contribution < -0.4 is 24.8 Å². The number of aryl methyl sites for hydroxylation is 1. The van der Waals surface area contributed by atoms with Crippen LogP contribution in [0, 0.1) is 0 Å². The Morgan fingerprint density at radius 2 is 1.81 bits per heavy atom. The van der Waals surface area contributed by atoms with E-state index in [2.05, 4.69) is 26.6 Å². The SMILES string of the molecule is COc1ccc(NC(=O)Nc2nc(CCC(=O)N3CCN(Cc4ccc5c(c4)OCO5)CC3)cs2)cc1. The van der Waals surface area contributed by atoms with Gasteiger partial charge in [0.1, 0.15) is 5.75 Å². The molecule has 0 saturated carbocycles. The number of ether oxygens (including phenoxy) is 3. The maximum Gasteiger partial charge on any atom is 0.325 e. The molecule has 0 spiro atoms. The van der Waals surface area contributed by atoms with Gasteiger partial charge in [0.2, 0.25) is 12.7 Å². The number of anilines is 2. The Bertz CT molecular complexity index is 1240. The van der Waals surface area contributed by atoms with Crippen LogP contribution in [0.3, 0.4) is 0 Å². The van der Waals surface area contributed by atoms with E-state index in [0.717, 1.165) is 36.8 Å². The van der Waals surface area contributed by atoms with Gasteiger partial charge in [-0.2, -0.15) is 0 Å². The number of fused-ring (bicyclic) bond motifs is 1. The summed E-state index contributed by atoms with van der Waals surface area (Å²) in [6.07, 6.45) is 0.928. The lowest BCUT2D eigenvalue weighted by Gasteiger charge is -2.34. The van der Waals surface area contributed by atoms with E-state index in [4.69, 9.17) is 14.2 Å². The summed E-state index contributed by atoms with van der Waals surface area (Å²) in [4.78, 5) is 33.7. The van der Waals surface area contributed by atoms with Crippen molar-refractivity contribution in [2.24, 2.45) is 0 Å². The molecular formula is C26H29N5O5S. The van der Waals surface area contributed by atoms with Crippen LogP contribution in [0.1, 0.15) is 17.7 Å². The van der Waals surface area contributed by atoms with Crippen molar-refractivity contribution in [3.63, 3.8) is 0 Å². The van der Waals surface area contributed by atoms with Crippen LogP contribution in [0.5, 0.6) is 17.2 Å². The second-order valence-corrected chi connectivity index (χ2v) is 9.65. The number of rotatable bonds is 8. The van der Waals surface area contributed by atoms with E-state index in [1.807, 2.05) is 22.4 Å². The van der Waals surface area contributed by atoms with Gasteiger partial charge in [0.05, 0.1) is 12.8 Å². The summed E-state index contributed by atoms with van der Waals surface area (Å²) in [5, 5.41) is 7.86. The fourth-order valence-corrected chi connectivity index (χ4v) is 5.00. The van der Waals surface area contributed by atoms with Crippen LogP contribution in [0.4, 0.5) is 15.6 Å². The monoisotopic (exact) mass is 523 g/mol. The molecule has 0 radical (unpaired) electrons. The number of nitrogens with one attached hydrogen (secondary N) is 2. The Balaban J connectivity index is 1.03. The maximum absolute atomic E-state index is 12.8. The van der Waals surface area contributed by atoms with Gasteiger partial charge in [0.25, 0.3) is 0 Å². The Kier molecular flexibility index (Phi) is 7.71. The Labute approximate surface area is 219 Å². The zero-order valence-electron chi connectivity index (χ0n) is 20.6. The molecule has 1 saturated heterocycles. The first-order valence-corrected chi connectivity index (χ1v) is 13.0. The number of nitrogens with zero attached hydrogens (tertiary/aromatic N) is 3. The van der Waals surface area contributed by atoms with E-state index in [9.17, 15) is 9.59 Å². The fourth-order valence-electron chi connectivity index (χ4n) is 4.26. The summed E-state index contributed by atoms with van der Waals surface area (Å²) in [7, 11) is 1.59. The Morgan fingerprint density at radius 1 is 1.03 bits per heavy atom. The topological polar surface area (TPSA) is 105 Å². The number of amides is 3. The van der Waals surface area contributed by atoms with Gasteiger partial charge in [-0.05, 0) is 48.4 Å². The number of piperazine rings is 1. The normalized spacial score (nSPS) is 14.9. The van der Waals surface area contributed by atoms with Gasteiger partial charge >= 0.3 is 6.03 Å². The van der Waals surface area contributed by atoms with Crippen LogP contribution in [-0.2, 0) is 17.8 Å². The number of benzene rings is 2. The lowest BCUT2D eigenvalue weighted by Crippen LogP contribution is -2.48. The molecule has 0 atom stereocenters. The third kappa shape index (κ3) is 6.49. The summed E-state index contributed by atoms with van der Waals surface area (Å²) >= 11 is 1.34. The molecule has 11 heteroatoms. The van der Waals surface area contributed by atoms with E-state index in [0.29, 0.717) is 42.5 Å². The number of aromatic nitrogens is 1. The van der Waals surface area contributed by atoms with Gasteiger partial charge in [-0.25, -0.2) is 9.78 Å². The van der Waals surface area contributed by atoms with Gasteiger partial charge in [0, 0.05) is 50.2 Å². The molecule has 10 nitrogen and oxygen atoms in total. The van der Waals surface area contributed by atoms with Crippen molar-refractivity contribution in [3.05, 3.63) is 59.1 Å². The highest BCUT2D eigenvalue weighted by Gasteiger charge is 2.22. The molecule has 2 aliphatic heterocycles. The van der Waals surface area contributed by atoms with Crippen molar-refractivity contribution in [1.29, 1.82) is 0 Å². The number of methoxy groups -OCH3 is 1. The summed E-state index contributed by atoms with van der Waals surface area (Å²) in [6.45, 7) is 4.16. The average Bonchev–Trinajstić information content (AvgIpc) is 3.57. The molecule has 0 aliphatic carbocycles.